The second kappa shape index (κ2) is 8.37. The molecule has 18 rings (SSSR count). The predicted molar refractivity (Wildman–Crippen MR) is 153 cm³/mol. The molecule has 0 N–H and O–H groups in total. The summed E-state index contributed by atoms with van der Waals surface area (Å²) in [6, 6.07) is 37.3. The molecular weight excluding hydrogens is 448 g/mol. The lowest BCUT2D eigenvalue weighted by Crippen LogP contribution is -1.88. The van der Waals surface area contributed by atoms with Crippen molar-refractivity contribution in [2.75, 3.05) is 0 Å². The minimum atomic E-state index is 1.03. The summed E-state index contributed by atoms with van der Waals surface area (Å²) in [6.45, 7) is 0. The number of rotatable bonds is 0. The van der Waals surface area contributed by atoms with Crippen LogP contribution >= 0.6 is 23.5 Å². The van der Waals surface area contributed by atoms with E-state index < -0.39 is 0 Å². The Morgan fingerprint density at radius 3 is 0.824 bits per heavy atom. The van der Waals surface area contributed by atoms with Gasteiger partial charge in [-0.05, 0) is 89.6 Å². The second-order valence-electron chi connectivity index (χ2n) is 9.42. The van der Waals surface area contributed by atoms with Crippen LogP contribution in [0.2, 0.25) is 0 Å². The highest BCUT2D eigenvalue weighted by Gasteiger charge is 2.06. The molecule has 0 atom stereocenters. The minimum absolute atomic E-state index is 1.03. The Labute approximate surface area is 208 Å². The molecule has 0 spiro atoms. The monoisotopic (exact) mass is 472 g/mol. The van der Waals surface area contributed by atoms with Crippen molar-refractivity contribution in [2.24, 2.45) is 0 Å². The highest BCUT2D eigenvalue weighted by molar-refractivity contribution is 7.97. The van der Waals surface area contributed by atoms with Gasteiger partial charge in [-0.25, -0.2) is 0 Å². The van der Waals surface area contributed by atoms with Crippen molar-refractivity contribution in [2.45, 2.75) is 23.0 Å². The van der Waals surface area contributed by atoms with E-state index in [2.05, 4.69) is 97.1 Å². The van der Waals surface area contributed by atoms with Gasteiger partial charge in [-0.15, -0.1) is 0 Å². The molecule has 164 valence electrons. The van der Waals surface area contributed by atoms with Crippen molar-refractivity contribution in [1.82, 2.24) is 0 Å². The highest BCUT2D eigenvalue weighted by atomic mass is 32.2. The molecule has 0 radical (unpaired) electrons. The van der Waals surface area contributed by atoms with Crippen molar-refractivity contribution >= 4 is 66.6 Å². The highest BCUT2D eigenvalue weighted by Crippen LogP contribution is 2.31. The van der Waals surface area contributed by atoms with Crippen molar-refractivity contribution < 1.29 is 0 Å². The summed E-state index contributed by atoms with van der Waals surface area (Å²) >= 11 is 3.99. The minimum Gasteiger partial charge on any atom is -0.152 e. The Hall–Kier alpha value is -2.94. The van der Waals surface area contributed by atoms with Gasteiger partial charge in [0.2, 0.25) is 0 Å². The lowest BCUT2D eigenvalue weighted by Gasteiger charge is -2.10. The number of hydrogen-bond acceptors (Lipinski definition) is 2. The van der Waals surface area contributed by atoms with E-state index in [1.165, 1.54) is 65.3 Å². The van der Waals surface area contributed by atoms with Gasteiger partial charge in [-0.3, -0.25) is 0 Å². The molecule has 34 heavy (non-hydrogen) atoms. The fourth-order valence-electron chi connectivity index (χ4n) is 5.13. The molecule has 12 bridgehead atoms. The Morgan fingerprint density at radius 1 is 0.294 bits per heavy atom. The van der Waals surface area contributed by atoms with Crippen LogP contribution in [0, 0.1) is 0 Å². The first-order valence-corrected chi connectivity index (χ1v) is 14.1. The van der Waals surface area contributed by atoms with Crippen LogP contribution in [-0.2, 0) is 23.0 Å². The van der Waals surface area contributed by atoms with Crippen LogP contribution in [0.1, 0.15) is 22.3 Å². The molecule has 0 nitrogen and oxygen atoms in total. The van der Waals surface area contributed by atoms with E-state index in [1.807, 2.05) is 23.5 Å². The standard InChI is InChI=1S/C32H24S2/c1-5-25-13-30-10-23-3-6-26(30)14-29(25)9-21(1)17-33-18-22-2-7-27-16-32-12-24(20-34-19-23)4-8-28(32)15-31(27)11-22/h1-16H,17-20H2. The van der Waals surface area contributed by atoms with Gasteiger partial charge in [0.05, 0.1) is 0 Å². The third-order valence-corrected chi connectivity index (χ3v) is 9.07. The van der Waals surface area contributed by atoms with Gasteiger partial charge in [0.25, 0.3) is 0 Å². The molecule has 2 heteroatoms. The zero-order valence-electron chi connectivity index (χ0n) is 18.9. The smallest absolute Gasteiger partial charge is 0.0188 e. The number of benzene rings is 6. The van der Waals surface area contributed by atoms with E-state index in [-0.39, 0.29) is 0 Å². The van der Waals surface area contributed by atoms with E-state index in [4.69, 9.17) is 0 Å². The lowest BCUT2D eigenvalue weighted by atomic mass is 10.0. The summed E-state index contributed by atoms with van der Waals surface area (Å²) < 4.78 is 0. The van der Waals surface area contributed by atoms with Gasteiger partial charge in [0.1, 0.15) is 0 Å². The van der Waals surface area contributed by atoms with Gasteiger partial charge in [-0.2, -0.15) is 23.5 Å². The number of thioether (sulfide) groups is 2. The summed E-state index contributed by atoms with van der Waals surface area (Å²) in [4.78, 5) is 0. The quantitative estimate of drug-likeness (QED) is 0.202. The van der Waals surface area contributed by atoms with Crippen LogP contribution in [0.4, 0.5) is 0 Å². The Balaban J connectivity index is 1.33. The van der Waals surface area contributed by atoms with Crippen LogP contribution in [0.15, 0.2) is 97.1 Å². The molecule has 0 aliphatic carbocycles. The normalized spacial score (nSPS) is 14.4. The van der Waals surface area contributed by atoms with E-state index >= 15 is 0 Å². The molecule has 0 aromatic heterocycles. The fraction of sp³-hybridized carbons (Fsp3) is 0.125. The van der Waals surface area contributed by atoms with Crippen molar-refractivity contribution in [3.63, 3.8) is 0 Å². The topological polar surface area (TPSA) is 0 Å². The van der Waals surface area contributed by atoms with Crippen LogP contribution in [-0.4, -0.2) is 0 Å². The van der Waals surface area contributed by atoms with Crippen LogP contribution in [0.5, 0.6) is 0 Å². The van der Waals surface area contributed by atoms with Crippen LogP contribution < -0.4 is 0 Å². The molecule has 6 aromatic rings. The van der Waals surface area contributed by atoms with Gasteiger partial charge < -0.3 is 0 Å². The predicted octanol–water partition coefficient (Wildman–Crippen LogP) is 9.48. The summed E-state index contributed by atoms with van der Waals surface area (Å²) in [5, 5.41) is 10.7. The van der Waals surface area contributed by atoms with E-state index in [9.17, 15) is 0 Å². The average Bonchev–Trinajstić information content (AvgIpc) is 2.86. The molecule has 0 amide bonds. The maximum Gasteiger partial charge on any atom is 0.0188 e. The molecule has 0 saturated carbocycles. The zero-order valence-corrected chi connectivity index (χ0v) is 20.5. The first kappa shape index (κ1) is 20.4. The summed E-state index contributed by atoms with van der Waals surface area (Å²) in [6.07, 6.45) is 0. The van der Waals surface area contributed by atoms with Gasteiger partial charge in [0.15, 0.2) is 0 Å². The fourth-order valence-corrected chi connectivity index (χ4v) is 6.99. The molecule has 12 aliphatic rings. The molecule has 12 heterocycles. The maximum absolute atomic E-state index is 2.37. The van der Waals surface area contributed by atoms with Crippen molar-refractivity contribution in [3.05, 3.63) is 119 Å². The first-order valence-electron chi connectivity index (χ1n) is 11.8. The third-order valence-electron chi connectivity index (χ3n) is 6.92. The van der Waals surface area contributed by atoms with E-state index in [0.29, 0.717) is 0 Å². The van der Waals surface area contributed by atoms with Crippen molar-refractivity contribution in [1.29, 1.82) is 0 Å². The summed E-state index contributed by atoms with van der Waals surface area (Å²) in [5.74, 6) is 4.12. The molecular formula is C32H24S2. The Bertz CT molecular complexity index is 1460. The number of hydrogen-bond donors (Lipinski definition) is 0. The Morgan fingerprint density at radius 2 is 0.559 bits per heavy atom. The summed E-state index contributed by atoms with van der Waals surface area (Å²) in [7, 11) is 0. The molecule has 0 fully saturated rings. The molecule has 0 saturated heterocycles. The lowest BCUT2D eigenvalue weighted by molar-refractivity contribution is 1.38. The first-order chi connectivity index (χ1) is 16.8. The average molecular weight is 473 g/mol. The van der Waals surface area contributed by atoms with Gasteiger partial charge >= 0.3 is 0 Å². The zero-order chi connectivity index (χ0) is 22.5. The maximum atomic E-state index is 2.37. The van der Waals surface area contributed by atoms with Crippen LogP contribution in [0.25, 0.3) is 43.1 Å². The third kappa shape index (κ3) is 3.85. The van der Waals surface area contributed by atoms with Gasteiger partial charge in [0, 0.05) is 23.0 Å². The second-order valence-corrected chi connectivity index (χ2v) is 11.4. The largest absolute Gasteiger partial charge is 0.152 e. The SMILES string of the molecule is c1cc2cc3cc4ccc3cc2cc1CSCc1ccc2cc3cc(ccc3cc2c1)CSC4. The summed E-state index contributed by atoms with van der Waals surface area (Å²) in [5.41, 5.74) is 5.59. The van der Waals surface area contributed by atoms with Crippen molar-refractivity contribution in [3.8, 4) is 0 Å². The van der Waals surface area contributed by atoms with E-state index in [0.717, 1.165) is 23.0 Å². The molecule has 6 aromatic carbocycles. The van der Waals surface area contributed by atoms with Crippen LogP contribution in [0.3, 0.4) is 0 Å². The molecule has 12 aliphatic heterocycles. The molecule has 0 unspecified atom stereocenters. The Kier molecular flexibility index (Phi) is 5.03. The van der Waals surface area contributed by atoms with Gasteiger partial charge in [-0.1, -0.05) is 72.8 Å². The van der Waals surface area contributed by atoms with E-state index in [1.54, 1.807) is 0 Å².